The molecule has 0 unspecified atom stereocenters. The van der Waals surface area contributed by atoms with E-state index in [4.69, 9.17) is 11.6 Å². The van der Waals surface area contributed by atoms with Crippen LogP contribution in [0.15, 0.2) is 77.7 Å². The first kappa shape index (κ1) is 21.9. The molecule has 0 aliphatic carbocycles. The van der Waals surface area contributed by atoms with Gasteiger partial charge in [0.05, 0.1) is 29.2 Å². The average molecular weight is 467 g/mol. The van der Waals surface area contributed by atoms with E-state index in [1.165, 1.54) is 28.8 Å². The number of carboxylic acids is 1. The second-order valence-electron chi connectivity index (χ2n) is 7.20. The number of aromatic carboxylic acids is 1. The molecule has 8 heteroatoms. The van der Waals surface area contributed by atoms with E-state index in [2.05, 4.69) is 0 Å². The molecule has 0 saturated heterocycles. The lowest BCUT2D eigenvalue weighted by molar-refractivity contribution is -0.121. The molecule has 1 aliphatic rings. The number of carbonyl (C=O) groups is 3. The molecule has 0 bridgehead atoms. The summed E-state index contributed by atoms with van der Waals surface area (Å²) in [5.41, 5.74) is 1.93. The first-order valence-electron chi connectivity index (χ1n) is 9.83. The summed E-state index contributed by atoms with van der Waals surface area (Å²) < 4.78 is 0. The Labute approximate surface area is 194 Å². The molecule has 1 heterocycles. The van der Waals surface area contributed by atoms with Gasteiger partial charge in [-0.25, -0.2) is 4.79 Å². The van der Waals surface area contributed by atoms with Gasteiger partial charge in [0.2, 0.25) is 11.8 Å². The van der Waals surface area contributed by atoms with Crippen molar-refractivity contribution in [2.75, 3.05) is 22.1 Å². The van der Waals surface area contributed by atoms with Crippen LogP contribution in [0.1, 0.15) is 15.9 Å². The van der Waals surface area contributed by atoms with Gasteiger partial charge in [-0.1, -0.05) is 41.9 Å². The lowest BCUT2D eigenvalue weighted by atomic mass is 10.1. The third kappa shape index (κ3) is 4.79. The van der Waals surface area contributed by atoms with Gasteiger partial charge in [-0.15, -0.1) is 11.8 Å². The molecular formula is C24H19ClN2O4S. The van der Waals surface area contributed by atoms with Crippen molar-refractivity contribution in [1.82, 2.24) is 0 Å². The lowest BCUT2D eigenvalue weighted by Gasteiger charge is -2.36. The van der Waals surface area contributed by atoms with Crippen molar-refractivity contribution in [2.24, 2.45) is 0 Å². The third-order valence-corrected chi connectivity index (χ3v) is 6.31. The van der Waals surface area contributed by atoms with Crippen LogP contribution in [0.2, 0.25) is 5.02 Å². The van der Waals surface area contributed by atoms with Gasteiger partial charge in [0.1, 0.15) is 6.54 Å². The number of halogens is 1. The highest BCUT2D eigenvalue weighted by molar-refractivity contribution is 8.00. The fraction of sp³-hybridized carbons (Fsp3) is 0.125. The molecule has 0 saturated carbocycles. The first-order chi connectivity index (χ1) is 15.4. The highest BCUT2D eigenvalue weighted by atomic mass is 35.5. The minimum absolute atomic E-state index is 0.0564. The van der Waals surface area contributed by atoms with E-state index >= 15 is 0 Å². The highest BCUT2D eigenvalue weighted by Crippen LogP contribution is 2.36. The number of carboxylic acid groups (broad SMARTS) is 1. The molecule has 0 spiro atoms. The zero-order valence-electron chi connectivity index (χ0n) is 16.9. The van der Waals surface area contributed by atoms with Crippen molar-refractivity contribution < 1.29 is 19.5 Å². The molecule has 4 rings (SSSR count). The Balaban J connectivity index is 1.62. The Hall–Kier alpha value is -3.29. The van der Waals surface area contributed by atoms with E-state index < -0.39 is 5.97 Å². The van der Waals surface area contributed by atoms with Crippen LogP contribution in [0.25, 0.3) is 0 Å². The summed E-state index contributed by atoms with van der Waals surface area (Å²) in [6.07, 6.45) is 0. The molecule has 6 nitrogen and oxygen atoms in total. The molecule has 1 aliphatic heterocycles. The number of fused-ring (bicyclic) bond motifs is 1. The minimum atomic E-state index is -1.10. The summed E-state index contributed by atoms with van der Waals surface area (Å²) in [5.74, 6) is -1.50. The highest BCUT2D eigenvalue weighted by Gasteiger charge is 2.33. The second kappa shape index (κ2) is 9.46. The number of carbonyl (C=O) groups excluding carboxylic acids is 2. The van der Waals surface area contributed by atoms with Crippen molar-refractivity contribution in [2.45, 2.75) is 11.4 Å². The van der Waals surface area contributed by atoms with E-state index in [0.717, 1.165) is 10.5 Å². The summed E-state index contributed by atoms with van der Waals surface area (Å²) in [7, 11) is 0. The summed E-state index contributed by atoms with van der Waals surface area (Å²) >= 11 is 7.24. The Morgan fingerprint density at radius 2 is 1.69 bits per heavy atom. The zero-order valence-corrected chi connectivity index (χ0v) is 18.5. The van der Waals surface area contributed by atoms with Gasteiger partial charge in [-0.2, -0.15) is 0 Å². The van der Waals surface area contributed by atoms with Crippen LogP contribution < -0.4 is 9.80 Å². The molecule has 0 aromatic heterocycles. The van der Waals surface area contributed by atoms with Crippen LogP contribution in [0.3, 0.4) is 0 Å². The van der Waals surface area contributed by atoms with Crippen LogP contribution in [0.4, 0.5) is 11.4 Å². The van der Waals surface area contributed by atoms with E-state index in [1.807, 2.05) is 42.5 Å². The van der Waals surface area contributed by atoms with Gasteiger partial charge in [0.25, 0.3) is 0 Å². The smallest absolute Gasteiger partial charge is 0.335 e. The van der Waals surface area contributed by atoms with Crippen LogP contribution in [-0.4, -0.2) is 35.2 Å². The Kier molecular flexibility index (Phi) is 6.48. The van der Waals surface area contributed by atoms with Gasteiger partial charge >= 0.3 is 5.97 Å². The van der Waals surface area contributed by atoms with Crippen molar-refractivity contribution in [1.29, 1.82) is 0 Å². The normalized spacial score (nSPS) is 13.1. The van der Waals surface area contributed by atoms with Crippen molar-refractivity contribution in [3.05, 3.63) is 88.9 Å². The van der Waals surface area contributed by atoms with Crippen LogP contribution in [-0.2, 0) is 16.1 Å². The minimum Gasteiger partial charge on any atom is -0.478 e. The second-order valence-corrected chi connectivity index (χ2v) is 8.68. The van der Waals surface area contributed by atoms with Gasteiger partial charge in [-0.3, -0.25) is 9.59 Å². The number of rotatable bonds is 6. The number of thioether (sulfide) groups is 1. The molecule has 3 aromatic rings. The molecule has 1 N–H and O–H groups in total. The number of hydrogen-bond acceptors (Lipinski definition) is 4. The summed E-state index contributed by atoms with van der Waals surface area (Å²) in [6, 6.07) is 21.1. The number of benzene rings is 3. The number of hydrogen-bond donors (Lipinski definition) is 1. The van der Waals surface area contributed by atoms with Crippen LogP contribution >= 0.6 is 23.4 Å². The van der Waals surface area contributed by atoms with Gasteiger partial charge in [0.15, 0.2) is 0 Å². The summed E-state index contributed by atoms with van der Waals surface area (Å²) in [4.78, 5) is 41.4. The maximum atomic E-state index is 13.1. The van der Waals surface area contributed by atoms with E-state index in [0.29, 0.717) is 22.9 Å². The number of amides is 2. The predicted octanol–water partition coefficient (Wildman–Crippen LogP) is 4.71. The van der Waals surface area contributed by atoms with E-state index in [1.54, 1.807) is 23.1 Å². The molecule has 3 aromatic carbocycles. The average Bonchev–Trinajstić information content (AvgIpc) is 2.80. The number of nitrogens with zero attached hydrogens (tertiary/aromatic N) is 2. The topological polar surface area (TPSA) is 77.9 Å². The maximum Gasteiger partial charge on any atom is 0.335 e. The summed E-state index contributed by atoms with van der Waals surface area (Å²) in [6.45, 7) is 0.184. The van der Waals surface area contributed by atoms with E-state index in [-0.39, 0.29) is 29.7 Å². The molecule has 162 valence electrons. The summed E-state index contributed by atoms with van der Waals surface area (Å²) in [5, 5.41) is 10.0. The Morgan fingerprint density at radius 3 is 2.38 bits per heavy atom. The monoisotopic (exact) mass is 466 g/mol. The molecule has 0 atom stereocenters. The fourth-order valence-corrected chi connectivity index (χ4v) is 4.36. The van der Waals surface area contributed by atoms with E-state index in [9.17, 15) is 19.5 Å². The first-order valence-corrected chi connectivity index (χ1v) is 11.2. The maximum absolute atomic E-state index is 13.1. The quantitative estimate of drug-likeness (QED) is 0.532. The molecule has 2 amide bonds. The molecule has 0 fully saturated rings. The Bertz CT molecular complexity index is 1170. The fourth-order valence-electron chi connectivity index (χ4n) is 3.46. The largest absolute Gasteiger partial charge is 0.478 e. The Morgan fingerprint density at radius 1 is 0.969 bits per heavy atom. The van der Waals surface area contributed by atoms with Gasteiger partial charge < -0.3 is 14.9 Å². The van der Waals surface area contributed by atoms with Crippen molar-refractivity contribution in [3.63, 3.8) is 0 Å². The lowest BCUT2D eigenvalue weighted by Crippen LogP contribution is -2.48. The molecule has 32 heavy (non-hydrogen) atoms. The predicted molar refractivity (Wildman–Crippen MR) is 126 cm³/mol. The zero-order chi connectivity index (χ0) is 22.7. The third-order valence-electron chi connectivity index (χ3n) is 5.06. The standard InChI is InChI=1S/C24H19ClN2O4S/c25-18-7-9-19(10-8-18)32-15-23(29)27-14-22(28)26(13-16-4-2-1-3-5-16)20-11-6-17(24(30)31)12-21(20)27/h1-12H,13-15H2,(H,30,31). The molecular weight excluding hydrogens is 448 g/mol. The van der Waals surface area contributed by atoms with Crippen LogP contribution in [0, 0.1) is 0 Å². The van der Waals surface area contributed by atoms with Crippen molar-refractivity contribution >= 4 is 52.5 Å². The van der Waals surface area contributed by atoms with Gasteiger partial charge in [0, 0.05) is 9.92 Å². The molecule has 0 radical (unpaired) electrons. The van der Waals surface area contributed by atoms with Crippen molar-refractivity contribution in [3.8, 4) is 0 Å². The SMILES string of the molecule is O=C(O)c1ccc2c(c1)N(C(=O)CSc1ccc(Cl)cc1)CC(=O)N2Cc1ccccc1. The number of anilines is 2. The van der Waals surface area contributed by atoms with Crippen LogP contribution in [0.5, 0.6) is 0 Å². The van der Waals surface area contributed by atoms with Gasteiger partial charge in [-0.05, 0) is 48.0 Å².